The van der Waals surface area contributed by atoms with E-state index in [1.54, 1.807) is 36.8 Å². The minimum Gasteiger partial charge on any atom is -0.299 e. The molecule has 1 aromatic heterocycles. The molecule has 0 atom stereocenters. The van der Waals surface area contributed by atoms with Crippen molar-refractivity contribution in [3.8, 4) is 0 Å². The monoisotopic (exact) mass is 160 g/mol. The Morgan fingerprint density at radius 3 is 2.75 bits per heavy atom. The van der Waals surface area contributed by atoms with Crippen LogP contribution in [0.4, 0.5) is 0 Å². The van der Waals surface area contributed by atoms with Crippen molar-refractivity contribution in [3.63, 3.8) is 0 Å². The summed E-state index contributed by atoms with van der Waals surface area (Å²) in [4.78, 5) is 17.7. The van der Waals surface area contributed by atoms with Gasteiger partial charge >= 0.3 is 0 Å². The standard InChI is InChI=1S/C9H8N2O/c12-7-3-1-2-4-9-8-10-5-6-11-9/h1-8H. The van der Waals surface area contributed by atoms with Gasteiger partial charge in [-0.1, -0.05) is 12.2 Å². The van der Waals surface area contributed by atoms with Gasteiger partial charge in [0.1, 0.15) is 6.29 Å². The lowest BCUT2D eigenvalue weighted by Crippen LogP contribution is -1.79. The molecular weight excluding hydrogens is 152 g/mol. The molecule has 3 nitrogen and oxygen atoms in total. The van der Waals surface area contributed by atoms with Crippen LogP contribution < -0.4 is 0 Å². The van der Waals surface area contributed by atoms with Crippen molar-refractivity contribution < 1.29 is 4.79 Å². The van der Waals surface area contributed by atoms with Gasteiger partial charge in [-0.15, -0.1) is 0 Å². The van der Waals surface area contributed by atoms with Crippen molar-refractivity contribution in [2.45, 2.75) is 0 Å². The molecule has 0 saturated carbocycles. The van der Waals surface area contributed by atoms with Gasteiger partial charge in [-0.25, -0.2) is 0 Å². The molecule has 0 aromatic carbocycles. The van der Waals surface area contributed by atoms with Crippen molar-refractivity contribution in [1.29, 1.82) is 0 Å². The summed E-state index contributed by atoms with van der Waals surface area (Å²) in [5.41, 5.74) is 0.771. The second kappa shape index (κ2) is 4.96. The summed E-state index contributed by atoms with van der Waals surface area (Å²) in [6, 6.07) is 0. The SMILES string of the molecule is O=CC=CC=Cc1cnccn1. The molecule has 1 heterocycles. The maximum absolute atomic E-state index is 9.87. The first-order chi connectivity index (χ1) is 5.93. The highest BCUT2D eigenvalue weighted by atomic mass is 16.1. The van der Waals surface area contributed by atoms with Crippen molar-refractivity contribution >= 4 is 12.4 Å². The first kappa shape index (κ1) is 8.33. The van der Waals surface area contributed by atoms with Gasteiger partial charge in [-0.3, -0.25) is 14.8 Å². The Balaban J connectivity index is 2.58. The molecule has 1 aromatic rings. The van der Waals surface area contributed by atoms with Crippen molar-refractivity contribution in [2.75, 3.05) is 0 Å². The first-order valence-corrected chi connectivity index (χ1v) is 3.48. The minimum absolute atomic E-state index is 0.723. The molecule has 0 aliphatic carbocycles. The van der Waals surface area contributed by atoms with E-state index in [0.29, 0.717) is 0 Å². The third-order valence-electron chi connectivity index (χ3n) is 1.15. The lowest BCUT2D eigenvalue weighted by molar-refractivity contribution is -0.104. The first-order valence-electron chi connectivity index (χ1n) is 3.48. The molecule has 1 rings (SSSR count). The second-order valence-electron chi connectivity index (χ2n) is 2.01. The summed E-state index contributed by atoms with van der Waals surface area (Å²) in [7, 11) is 0. The van der Waals surface area contributed by atoms with E-state index in [-0.39, 0.29) is 0 Å². The van der Waals surface area contributed by atoms with E-state index >= 15 is 0 Å². The van der Waals surface area contributed by atoms with E-state index in [1.165, 1.54) is 6.08 Å². The third kappa shape index (κ3) is 2.88. The molecular formula is C9H8N2O. The Morgan fingerprint density at radius 1 is 1.17 bits per heavy atom. The van der Waals surface area contributed by atoms with Crippen LogP contribution in [-0.4, -0.2) is 16.3 Å². The number of hydrogen-bond donors (Lipinski definition) is 0. The fourth-order valence-corrected chi connectivity index (χ4v) is 0.660. The summed E-state index contributed by atoms with van der Waals surface area (Å²) in [6.07, 6.45) is 12.1. The number of aromatic nitrogens is 2. The lowest BCUT2D eigenvalue weighted by atomic mass is 10.4. The van der Waals surface area contributed by atoms with E-state index in [1.807, 2.05) is 0 Å². The fourth-order valence-electron chi connectivity index (χ4n) is 0.660. The minimum atomic E-state index is 0.723. The Hall–Kier alpha value is -1.77. The Bertz CT molecular complexity index is 291. The molecule has 0 aliphatic rings. The fraction of sp³-hybridized carbons (Fsp3) is 0. The second-order valence-corrected chi connectivity index (χ2v) is 2.01. The number of aldehydes is 1. The number of rotatable bonds is 3. The van der Waals surface area contributed by atoms with Crippen LogP contribution in [0, 0.1) is 0 Å². The Kier molecular flexibility index (Phi) is 3.44. The molecule has 3 heteroatoms. The van der Waals surface area contributed by atoms with E-state index in [9.17, 15) is 4.79 Å². The molecule has 12 heavy (non-hydrogen) atoms. The van der Waals surface area contributed by atoms with E-state index in [4.69, 9.17) is 0 Å². The van der Waals surface area contributed by atoms with Crippen molar-refractivity contribution in [3.05, 3.63) is 42.5 Å². The highest BCUT2D eigenvalue weighted by molar-refractivity contribution is 5.65. The number of nitrogens with zero attached hydrogens (tertiary/aromatic N) is 2. The largest absolute Gasteiger partial charge is 0.299 e. The summed E-state index contributed by atoms with van der Waals surface area (Å²) in [5, 5.41) is 0. The van der Waals surface area contributed by atoms with Gasteiger partial charge in [0.25, 0.3) is 0 Å². The number of hydrogen-bond acceptors (Lipinski definition) is 3. The van der Waals surface area contributed by atoms with Gasteiger partial charge < -0.3 is 0 Å². The summed E-state index contributed by atoms with van der Waals surface area (Å²) in [5.74, 6) is 0. The average Bonchev–Trinajstić information content (AvgIpc) is 2.14. The highest BCUT2D eigenvalue weighted by Gasteiger charge is 1.81. The van der Waals surface area contributed by atoms with E-state index in [2.05, 4.69) is 9.97 Å². The number of carbonyl (C=O) groups is 1. The predicted octanol–water partition coefficient (Wildman–Crippen LogP) is 1.24. The van der Waals surface area contributed by atoms with Crippen LogP contribution in [0.2, 0.25) is 0 Å². The molecule has 0 unspecified atom stereocenters. The molecule has 0 fully saturated rings. The maximum atomic E-state index is 9.87. The van der Waals surface area contributed by atoms with Gasteiger partial charge in [0.15, 0.2) is 0 Å². The van der Waals surface area contributed by atoms with Crippen LogP contribution in [0.15, 0.2) is 36.8 Å². The smallest absolute Gasteiger partial charge is 0.142 e. The van der Waals surface area contributed by atoms with Crippen LogP contribution >= 0.6 is 0 Å². The third-order valence-corrected chi connectivity index (χ3v) is 1.15. The topological polar surface area (TPSA) is 42.9 Å². The lowest BCUT2D eigenvalue weighted by Gasteiger charge is -1.86. The highest BCUT2D eigenvalue weighted by Crippen LogP contribution is 1.93. The van der Waals surface area contributed by atoms with E-state index in [0.717, 1.165) is 12.0 Å². The Labute approximate surface area is 70.5 Å². The average molecular weight is 160 g/mol. The molecule has 0 bridgehead atoms. The van der Waals surface area contributed by atoms with Crippen LogP contribution in [0.3, 0.4) is 0 Å². The maximum Gasteiger partial charge on any atom is 0.142 e. The molecule has 0 spiro atoms. The zero-order chi connectivity index (χ0) is 8.65. The zero-order valence-corrected chi connectivity index (χ0v) is 6.42. The number of allylic oxidation sites excluding steroid dienone is 3. The van der Waals surface area contributed by atoms with Crippen LogP contribution in [0.25, 0.3) is 6.08 Å². The molecule has 0 saturated heterocycles. The van der Waals surface area contributed by atoms with Gasteiger partial charge in [-0.05, 0) is 12.2 Å². The van der Waals surface area contributed by atoms with Crippen molar-refractivity contribution in [1.82, 2.24) is 9.97 Å². The summed E-state index contributed by atoms with van der Waals surface area (Å²) < 4.78 is 0. The van der Waals surface area contributed by atoms with Gasteiger partial charge in [0.05, 0.1) is 11.9 Å². The van der Waals surface area contributed by atoms with Crippen LogP contribution in [0.1, 0.15) is 5.69 Å². The van der Waals surface area contributed by atoms with Gasteiger partial charge in [0, 0.05) is 12.4 Å². The molecule has 0 radical (unpaired) electrons. The van der Waals surface area contributed by atoms with Crippen LogP contribution in [-0.2, 0) is 4.79 Å². The summed E-state index contributed by atoms with van der Waals surface area (Å²) in [6.45, 7) is 0. The quantitative estimate of drug-likeness (QED) is 0.379. The normalized spacial score (nSPS) is 11.0. The predicted molar refractivity (Wildman–Crippen MR) is 46.3 cm³/mol. The Morgan fingerprint density at radius 2 is 2.08 bits per heavy atom. The molecule has 0 amide bonds. The van der Waals surface area contributed by atoms with Crippen LogP contribution in [0.5, 0.6) is 0 Å². The van der Waals surface area contributed by atoms with E-state index < -0.39 is 0 Å². The zero-order valence-electron chi connectivity index (χ0n) is 6.42. The van der Waals surface area contributed by atoms with Gasteiger partial charge in [-0.2, -0.15) is 0 Å². The van der Waals surface area contributed by atoms with Crippen molar-refractivity contribution in [2.24, 2.45) is 0 Å². The molecule has 0 N–H and O–H groups in total. The number of carbonyl (C=O) groups excluding carboxylic acids is 1. The molecule has 0 aliphatic heterocycles. The summed E-state index contributed by atoms with van der Waals surface area (Å²) >= 11 is 0. The van der Waals surface area contributed by atoms with Gasteiger partial charge in [0.2, 0.25) is 0 Å². The molecule has 60 valence electrons.